The molecule has 2 aliphatic rings. The predicted molar refractivity (Wildman–Crippen MR) is 49.6 cm³/mol. The number of carbonyl (C=O) groups excluding carboxylic acids is 1. The van der Waals surface area contributed by atoms with Crippen LogP contribution in [0, 0.1) is 0 Å². The van der Waals surface area contributed by atoms with E-state index in [4.69, 9.17) is 0 Å². The molecule has 4 nitrogen and oxygen atoms in total. The second-order valence-electron chi connectivity index (χ2n) is 3.37. The third-order valence-corrected chi connectivity index (χ3v) is 2.24. The largest absolute Gasteiger partial charge is 0.323 e. The van der Waals surface area contributed by atoms with Gasteiger partial charge in [0.05, 0.1) is 12.2 Å². The molecule has 2 heterocycles. The Labute approximate surface area is 76.8 Å². The van der Waals surface area contributed by atoms with Crippen LogP contribution in [0.5, 0.6) is 0 Å². The van der Waals surface area contributed by atoms with E-state index >= 15 is 0 Å². The van der Waals surface area contributed by atoms with E-state index in [1.165, 1.54) is 5.57 Å². The zero-order valence-corrected chi connectivity index (χ0v) is 7.58. The van der Waals surface area contributed by atoms with Crippen LogP contribution in [0.2, 0.25) is 0 Å². The summed E-state index contributed by atoms with van der Waals surface area (Å²) in [6.07, 6.45) is 3.75. The van der Waals surface area contributed by atoms with E-state index in [-0.39, 0.29) is 6.03 Å². The third kappa shape index (κ3) is 1.35. The lowest BCUT2D eigenvalue weighted by Crippen LogP contribution is -2.44. The standard InChI is InChI=1S/C9H11N3O/c1-11-4-3-8-7(5-11)6-12(2)9(13)10-8/h3-4H,1,5-6H2,2H3/p+1. The van der Waals surface area contributed by atoms with Crippen LogP contribution in [0.1, 0.15) is 0 Å². The lowest BCUT2D eigenvalue weighted by Gasteiger charge is -2.27. The maximum atomic E-state index is 11.2. The zero-order chi connectivity index (χ0) is 9.42. The second-order valence-corrected chi connectivity index (χ2v) is 3.37. The van der Waals surface area contributed by atoms with Crippen LogP contribution in [-0.4, -0.2) is 42.4 Å². The molecule has 2 rings (SSSR count). The average molecular weight is 178 g/mol. The maximum absolute atomic E-state index is 11.2. The number of nitrogens with one attached hydrogen (secondary N) is 1. The molecule has 13 heavy (non-hydrogen) atoms. The molecule has 1 N–H and O–H groups in total. The van der Waals surface area contributed by atoms with Gasteiger partial charge in [0, 0.05) is 18.7 Å². The van der Waals surface area contributed by atoms with Crippen LogP contribution < -0.4 is 5.32 Å². The first-order chi connectivity index (χ1) is 6.16. The molecule has 0 aromatic rings. The third-order valence-electron chi connectivity index (χ3n) is 2.24. The number of urea groups is 1. The van der Waals surface area contributed by atoms with E-state index in [9.17, 15) is 4.79 Å². The Kier molecular flexibility index (Phi) is 1.69. The van der Waals surface area contributed by atoms with Crippen molar-refractivity contribution in [3.05, 3.63) is 23.5 Å². The van der Waals surface area contributed by atoms with E-state index in [1.54, 1.807) is 11.9 Å². The first-order valence-corrected chi connectivity index (χ1v) is 4.16. The van der Waals surface area contributed by atoms with Gasteiger partial charge in [0.25, 0.3) is 0 Å². The molecule has 2 amide bonds. The van der Waals surface area contributed by atoms with Gasteiger partial charge in [0.1, 0.15) is 6.72 Å². The normalized spacial score (nSPS) is 21.8. The summed E-state index contributed by atoms with van der Waals surface area (Å²) in [6, 6.07) is -0.0408. The fourth-order valence-electron chi connectivity index (χ4n) is 1.51. The van der Waals surface area contributed by atoms with Gasteiger partial charge in [-0.3, -0.25) is 0 Å². The number of allylic oxidation sites excluding steroid dienone is 1. The molecular formula is C9H12N3O+. The van der Waals surface area contributed by atoms with Gasteiger partial charge < -0.3 is 10.2 Å². The average Bonchev–Trinajstić information content (AvgIpc) is 2.08. The number of amides is 2. The van der Waals surface area contributed by atoms with Crippen molar-refractivity contribution in [1.82, 2.24) is 10.2 Å². The van der Waals surface area contributed by atoms with Gasteiger partial charge in [-0.05, 0) is 0 Å². The molecule has 0 radical (unpaired) electrons. The molecule has 0 bridgehead atoms. The van der Waals surface area contributed by atoms with Crippen molar-refractivity contribution in [2.24, 2.45) is 0 Å². The van der Waals surface area contributed by atoms with E-state index < -0.39 is 0 Å². The lowest BCUT2D eigenvalue weighted by molar-refractivity contribution is -0.440. The summed E-state index contributed by atoms with van der Waals surface area (Å²) in [5, 5.41) is 2.81. The van der Waals surface area contributed by atoms with E-state index in [0.29, 0.717) is 6.54 Å². The Balaban J connectivity index is 2.29. The Hall–Kier alpha value is -1.58. The minimum atomic E-state index is -0.0408. The second kappa shape index (κ2) is 2.73. The van der Waals surface area contributed by atoms with Crippen molar-refractivity contribution < 1.29 is 9.37 Å². The van der Waals surface area contributed by atoms with Crippen molar-refractivity contribution in [3.63, 3.8) is 0 Å². The maximum Gasteiger partial charge on any atom is 0.321 e. The molecule has 0 unspecified atom stereocenters. The van der Waals surface area contributed by atoms with Gasteiger partial charge in [-0.2, -0.15) is 0 Å². The molecule has 0 spiro atoms. The monoisotopic (exact) mass is 178 g/mol. The fraction of sp³-hybridized carbons (Fsp3) is 0.333. The van der Waals surface area contributed by atoms with Gasteiger partial charge in [-0.1, -0.05) is 0 Å². The SMILES string of the molecule is C=[N+]1C=CC2=C(CN(C)C(=O)N2)C1. The number of nitrogens with zero attached hydrogens (tertiary/aromatic N) is 2. The summed E-state index contributed by atoms with van der Waals surface area (Å²) in [5.74, 6) is 0. The summed E-state index contributed by atoms with van der Waals surface area (Å²) in [6.45, 7) is 5.29. The Morgan fingerprint density at radius 3 is 3.23 bits per heavy atom. The summed E-state index contributed by atoms with van der Waals surface area (Å²) >= 11 is 0. The van der Waals surface area contributed by atoms with Crippen LogP contribution in [-0.2, 0) is 0 Å². The van der Waals surface area contributed by atoms with Gasteiger partial charge in [0.15, 0.2) is 12.7 Å². The molecule has 0 saturated heterocycles. The summed E-state index contributed by atoms with van der Waals surface area (Å²) < 4.78 is 1.85. The molecular weight excluding hydrogens is 166 g/mol. The first kappa shape index (κ1) is 8.04. The number of hydrogen-bond donors (Lipinski definition) is 1. The lowest BCUT2D eigenvalue weighted by atomic mass is 10.1. The number of hydrogen-bond acceptors (Lipinski definition) is 1. The highest BCUT2D eigenvalue weighted by Gasteiger charge is 2.25. The molecule has 0 saturated carbocycles. The topological polar surface area (TPSA) is 35.4 Å². The van der Waals surface area contributed by atoms with Gasteiger partial charge >= 0.3 is 6.03 Å². The molecule has 0 atom stereocenters. The quantitative estimate of drug-likeness (QED) is 0.526. The van der Waals surface area contributed by atoms with Crippen molar-refractivity contribution >= 4 is 12.7 Å². The van der Waals surface area contributed by atoms with Gasteiger partial charge in [-0.25, -0.2) is 9.37 Å². The van der Waals surface area contributed by atoms with Crippen molar-refractivity contribution in [3.8, 4) is 0 Å². The van der Waals surface area contributed by atoms with Crippen molar-refractivity contribution in [1.29, 1.82) is 0 Å². The number of carbonyl (C=O) groups is 1. The number of rotatable bonds is 0. The highest BCUT2D eigenvalue weighted by atomic mass is 16.2. The molecule has 0 aromatic carbocycles. The first-order valence-electron chi connectivity index (χ1n) is 4.16. The van der Waals surface area contributed by atoms with Gasteiger partial charge in [0.2, 0.25) is 0 Å². The minimum Gasteiger partial charge on any atom is -0.323 e. The van der Waals surface area contributed by atoms with E-state index in [2.05, 4.69) is 12.0 Å². The molecule has 4 heteroatoms. The smallest absolute Gasteiger partial charge is 0.321 e. The molecule has 68 valence electrons. The van der Waals surface area contributed by atoms with Crippen molar-refractivity contribution in [2.75, 3.05) is 20.1 Å². The molecule has 0 aliphatic carbocycles. The molecule has 2 aliphatic heterocycles. The highest BCUT2D eigenvalue weighted by Crippen LogP contribution is 2.15. The number of likely N-dealkylation sites (N-methyl/N-ethyl adjacent to an activating group) is 1. The van der Waals surface area contributed by atoms with Gasteiger partial charge in [-0.15, -0.1) is 0 Å². The van der Waals surface area contributed by atoms with Crippen LogP contribution in [0.15, 0.2) is 23.5 Å². The van der Waals surface area contributed by atoms with Crippen LogP contribution in [0.25, 0.3) is 0 Å². The molecule has 0 aromatic heterocycles. The summed E-state index contributed by atoms with van der Waals surface area (Å²) in [4.78, 5) is 12.9. The van der Waals surface area contributed by atoms with Crippen LogP contribution in [0.4, 0.5) is 4.79 Å². The van der Waals surface area contributed by atoms with Crippen LogP contribution in [0.3, 0.4) is 0 Å². The molecule has 0 fully saturated rings. The Bertz CT molecular complexity index is 341. The minimum absolute atomic E-state index is 0.0408. The summed E-state index contributed by atoms with van der Waals surface area (Å²) in [5.41, 5.74) is 2.14. The van der Waals surface area contributed by atoms with E-state index in [1.807, 2.05) is 16.9 Å². The fourth-order valence-corrected chi connectivity index (χ4v) is 1.51. The van der Waals surface area contributed by atoms with E-state index in [0.717, 1.165) is 12.2 Å². The van der Waals surface area contributed by atoms with Crippen LogP contribution >= 0.6 is 0 Å². The highest BCUT2D eigenvalue weighted by molar-refractivity contribution is 5.78. The Morgan fingerprint density at radius 1 is 1.69 bits per heavy atom. The summed E-state index contributed by atoms with van der Waals surface area (Å²) in [7, 11) is 1.78. The predicted octanol–water partition coefficient (Wildman–Crippen LogP) is 0.136. The van der Waals surface area contributed by atoms with Crippen molar-refractivity contribution in [2.45, 2.75) is 0 Å². The Morgan fingerprint density at radius 2 is 2.46 bits per heavy atom. The zero-order valence-electron chi connectivity index (χ0n) is 7.58.